The van der Waals surface area contributed by atoms with Gasteiger partial charge < -0.3 is 4.79 Å². The molecule has 0 saturated carbocycles. The predicted octanol–water partition coefficient (Wildman–Crippen LogP) is 1.12. The monoisotopic (exact) mass is 126 g/mol. The highest BCUT2D eigenvalue weighted by molar-refractivity contribution is 7.09. The van der Waals surface area contributed by atoms with Crippen LogP contribution in [0.2, 0.25) is 0 Å². The largest absolute Gasteiger partial charge is 0.605 e. The predicted molar refractivity (Wildman–Crippen MR) is 21.3 cm³/mol. The van der Waals surface area contributed by atoms with Crippen LogP contribution in [0.5, 0.6) is 0 Å². The number of hydrogen-bond acceptors (Lipinski definition) is 1. The molecule has 0 aromatic rings. The summed E-state index contributed by atoms with van der Waals surface area (Å²) in [7, 11) is -7.09. The van der Waals surface area contributed by atoms with Crippen LogP contribution in [0.15, 0.2) is 0 Å². The van der Waals surface area contributed by atoms with E-state index in [9.17, 15) is 22.1 Å². The maximum Gasteiger partial charge on any atom is 0.605 e. The van der Waals surface area contributed by atoms with E-state index >= 15 is 0 Å². The molecule has 8 heavy (non-hydrogen) atoms. The molecule has 1 nitrogen and oxygen atoms in total. The molecule has 0 heterocycles. The zero-order valence-electron chi connectivity index (χ0n) is 3.57. The molecule has 0 aromatic heterocycles. The van der Waals surface area contributed by atoms with E-state index in [1.54, 1.807) is 0 Å². The molecule has 0 aromatic carbocycles. The molecule has 0 radical (unpaired) electrons. The molecule has 0 aliphatic rings. The van der Waals surface area contributed by atoms with E-state index in [4.69, 9.17) is 0 Å². The van der Waals surface area contributed by atoms with Crippen molar-refractivity contribution in [3.05, 3.63) is 0 Å². The summed E-state index contributed by atoms with van der Waals surface area (Å²) >= 11 is 0. The Morgan fingerprint density at radius 2 is 1.25 bits per heavy atom. The molecule has 0 N–H and O–H groups in total. The summed E-state index contributed by atoms with van der Waals surface area (Å²) < 4.78 is 43.4. The summed E-state index contributed by atoms with van der Waals surface area (Å²) in [5, 5.41) is 0. The molecule has 0 aliphatic heterocycles. The Morgan fingerprint density at radius 3 is 1.25 bits per heavy atom. The molecule has 44 valence electrons. The molecular formula is CB2F4O. The zero-order chi connectivity index (χ0) is 6.73. The van der Waals surface area contributed by atoms with Crippen LogP contribution in [0.1, 0.15) is 0 Å². The smallest absolute Gasteiger partial charge is 0.307 e. The third-order valence-corrected chi connectivity index (χ3v) is 0.430. The average Bonchev–Trinajstić information content (AvgIpc) is 1.64. The lowest BCUT2D eigenvalue weighted by Gasteiger charge is -1.84. The number of rotatable bonds is 2. The van der Waals surface area contributed by atoms with Gasteiger partial charge in [-0.2, -0.15) is 0 Å². The lowest BCUT2D eigenvalue weighted by molar-refractivity contribution is 0.267. The molecular weight excluding hydrogens is 126 g/mol. The fraction of sp³-hybridized carbons (Fsp3) is 0. The van der Waals surface area contributed by atoms with Gasteiger partial charge in [0.05, 0.1) is 0 Å². The van der Waals surface area contributed by atoms with Crippen molar-refractivity contribution in [1.29, 1.82) is 0 Å². The zero-order valence-corrected chi connectivity index (χ0v) is 3.57. The SMILES string of the molecule is O=C(B(F)F)B(F)F. The number of hydrogen-bond donors (Lipinski definition) is 0. The van der Waals surface area contributed by atoms with E-state index in [-0.39, 0.29) is 0 Å². The van der Waals surface area contributed by atoms with Crippen LogP contribution in [0.4, 0.5) is 22.1 Å². The Balaban J connectivity index is 3.65. The van der Waals surface area contributed by atoms with Gasteiger partial charge in [-0.15, -0.1) is 0 Å². The molecule has 0 aliphatic carbocycles. The van der Waals surface area contributed by atoms with Gasteiger partial charge in [0.25, 0.3) is 0 Å². The second kappa shape index (κ2) is 2.74. The van der Waals surface area contributed by atoms with Crippen LogP contribution in [0.3, 0.4) is 0 Å². The Bertz CT molecular complexity index is 82.0. The van der Waals surface area contributed by atoms with E-state index in [2.05, 4.69) is 0 Å². The summed E-state index contributed by atoms with van der Waals surface area (Å²) in [4.78, 5) is 9.34. The van der Waals surface area contributed by atoms with Crippen molar-refractivity contribution in [2.75, 3.05) is 0 Å². The van der Waals surface area contributed by atoms with E-state index in [0.29, 0.717) is 0 Å². The minimum atomic E-state index is -3.55. The van der Waals surface area contributed by atoms with Crippen molar-refractivity contribution in [2.45, 2.75) is 0 Å². The molecule has 0 atom stereocenters. The first-order valence-corrected chi connectivity index (χ1v) is 1.65. The Labute approximate surface area is 43.4 Å². The molecule has 0 fully saturated rings. The van der Waals surface area contributed by atoms with Gasteiger partial charge in [0.2, 0.25) is 5.58 Å². The summed E-state index contributed by atoms with van der Waals surface area (Å²) in [5.41, 5.74) is -2.31. The Kier molecular flexibility index (Phi) is 2.57. The minimum absolute atomic E-state index is 2.31. The topological polar surface area (TPSA) is 17.1 Å². The molecule has 0 unspecified atom stereocenters. The van der Waals surface area contributed by atoms with Crippen molar-refractivity contribution in [3.63, 3.8) is 0 Å². The van der Waals surface area contributed by atoms with Crippen LogP contribution >= 0.6 is 0 Å². The lowest BCUT2D eigenvalue weighted by Crippen LogP contribution is -2.25. The van der Waals surface area contributed by atoms with Gasteiger partial charge in [-0.3, -0.25) is 17.3 Å². The average molecular weight is 126 g/mol. The summed E-state index contributed by atoms with van der Waals surface area (Å²) in [6.45, 7) is 0. The number of halogens is 4. The van der Waals surface area contributed by atoms with E-state index in [1.807, 2.05) is 0 Å². The van der Waals surface area contributed by atoms with Crippen molar-refractivity contribution in [3.8, 4) is 0 Å². The quantitative estimate of drug-likeness (QED) is 0.400. The molecule has 0 spiro atoms. The van der Waals surface area contributed by atoms with Gasteiger partial charge in [0.15, 0.2) is 0 Å². The Morgan fingerprint density at radius 1 is 1.00 bits per heavy atom. The highest BCUT2D eigenvalue weighted by Gasteiger charge is 2.38. The van der Waals surface area contributed by atoms with E-state index in [0.717, 1.165) is 0 Å². The number of carbonyl (C=O) groups is 1. The first-order chi connectivity index (χ1) is 3.55. The van der Waals surface area contributed by atoms with E-state index in [1.165, 1.54) is 0 Å². The molecule has 0 bridgehead atoms. The Hall–Kier alpha value is -0.480. The summed E-state index contributed by atoms with van der Waals surface area (Å²) in [6.07, 6.45) is 0. The van der Waals surface area contributed by atoms with E-state index < -0.39 is 20.1 Å². The lowest BCUT2D eigenvalue weighted by atomic mass is 9.70. The van der Waals surface area contributed by atoms with Gasteiger partial charge in [-0.25, -0.2) is 0 Å². The molecule has 7 heteroatoms. The maximum absolute atomic E-state index is 10.8. The minimum Gasteiger partial charge on any atom is -0.307 e. The van der Waals surface area contributed by atoms with Crippen molar-refractivity contribution >= 4 is 20.1 Å². The van der Waals surface area contributed by atoms with Crippen LogP contribution in [-0.2, 0) is 0 Å². The molecule has 0 rings (SSSR count). The maximum atomic E-state index is 10.8. The first kappa shape index (κ1) is 7.52. The van der Waals surface area contributed by atoms with Gasteiger partial charge in [0, 0.05) is 0 Å². The third-order valence-electron chi connectivity index (χ3n) is 0.430. The van der Waals surface area contributed by atoms with Crippen LogP contribution in [-0.4, -0.2) is 20.1 Å². The van der Waals surface area contributed by atoms with Crippen molar-refractivity contribution in [2.24, 2.45) is 0 Å². The van der Waals surface area contributed by atoms with Crippen LogP contribution < -0.4 is 0 Å². The van der Waals surface area contributed by atoms with Crippen LogP contribution in [0.25, 0.3) is 0 Å². The van der Waals surface area contributed by atoms with Gasteiger partial charge >= 0.3 is 14.5 Å². The van der Waals surface area contributed by atoms with Gasteiger partial charge in [-0.05, 0) is 0 Å². The molecule has 0 saturated heterocycles. The highest BCUT2D eigenvalue weighted by Crippen LogP contribution is 1.97. The number of carbonyl (C=O) groups excluding carboxylic acids is 1. The third kappa shape index (κ3) is 1.99. The first-order valence-electron chi connectivity index (χ1n) is 1.65. The summed E-state index contributed by atoms with van der Waals surface area (Å²) in [5.74, 6) is 0. The standard InChI is InChI=1S/CB2F4O/c4-2(5)1(8)3(6)7. The van der Waals surface area contributed by atoms with Gasteiger partial charge in [0.1, 0.15) is 0 Å². The summed E-state index contributed by atoms with van der Waals surface area (Å²) in [6, 6.07) is 0. The normalized spacial score (nSPS) is 8.50. The van der Waals surface area contributed by atoms with Crippen LogP contribution in [0, 0.1) is 0 Å². The highest BCUT2D eigenvalue weighted by atomic mass is 19.2. The molecule has 0 amide bonds. The fourth-order valence-corrected chi connectivity index (χ4v) is 0.0952. The van der Waals surface area contributed by atoms with Crippen molar-refractivity contribution in [1.82, 2.24) is 0 Å². The fourth-order valence-electron chi connectivity index (χ4n) is 0.0952. The van der Waals surface area contributed by atoms with Crippen molar-refractivity contribution < 1.29 is 22.1 Å². The second-order valence-corrected chi connectivity index (χ2v) is 1.00. The van der Waals surface area contributed by atoms with Gasteiger partial charge in [-0.1, -0.05) is 0 Å². The second-order valence-electron chi connectivity index (χ2n) is 1.00.